The van der Waals surface area contributed by atoms with Crippen molar-refractivity contribution in [2.45, 2.75) is 5.92 Å². The zero-order chi connectivity index (χ0) is 17.2. The molecular formula is C18H13N5O2. The Balaban J connectivity index is 1.41. The van der Waals surface area contributed by atoms with Crippen LogP contribution in [0.2, 0.25) is 0 Å². The maximum atomic E-state index is 12.4. The quantitative estimate of drug-likeness (QED) is 0.730. The molecule has 1 amide bonds. The van der Waals surface area contributed by atoms with E-state index in [0.29, 0.717) is 35.9 Å². The van der Waals surface area contributed by atoms with Crippen LogP contribution in [0.1, 0.15) is 27.7 Å². The van der Waals surface area contributed by atoms with Crippen molar-refractivity contribution >= 4 is 5.91 Å². The molecule has 3 aromatic rings. The second-order valence-corrected chi connectivity index (χ2v) is 5.79. The molecule has 4 rings (SSSR count). The smallest absolute Gasteiger partial charge is 0.253 e. The van der Waals surface area contributed by atoms with Gasteiger partial charge in [0.2, 0.25) is 11.7 Å². The van der Waals surface area contributed by atoms with Crippen molar-refractivity contribution in [1.29, 1.82) is 5.26 Å². The van der Waals surface area contributed by atoms with Crippen LogP contribution in [0.4, 0.5) is 0 Å². The maximum absolute atomic E-state index is 12.4. The highest BCUT2D eigenvalue weighted by atomic mass is 16.5. The van der Waals surface area contributed by atoms with Gasteiger partial charge in [0.25, 0.3) is 5.91 Å². The lowest BCUT2D eigenvalue weighted by atomic mass is 9.98. The number of pyridine rings is 1. The van der Waals surface area contributed by atoms with E-state index in [1.807, 2.05) is 18.2 Å². The van der Waals surface area contributed by atoms with Crippen molar-refractivity contribution in [2.75, 3.05) is 13.1 Å². The number of amides is 1. The molecule has 3 heterocycles. The lowest BCUT2D eigenvalue weighted by Crippen LogP contribution is -2.48. The Hall–Kier alpha value is -3.53. The standard InChI is InChI=1S/C18H13N5O2/c19-8-12-3-5-13(6-4-12)18(24)23-10-15(11-23)17-21-16(22-25-17)14-2-1-7-20-9-14/h1-7,9,15H,10-11H2. The Kier molecular flexibility index (Phi) is 3.71. The molecule has 7 nitrogen and oxygen atoms in total. The monoisotopic (exact) mass is 331 g/mol. The Morgan fingerprint density at radius 1 is 1.24 bits per heavy atom. The van der Waals surface area contributed by atoms with Crippen molar-refractivity contribution in [3.05, 3.63) is 65.8 Å². The minimum Gasteiger partial charge on any atom is -0.339 e. The molecule has 1 aliphatic heterocycles. The topological polar surface area (TPSA) is 95.9 Å². The molecule has 7 heteroatoms. The van der Waals surface area contributed by atoms with Crippen LogP contribution < -0.4 is 0 Å². The van der Waals surface area contributed by atoms with Gasteiger partial charge >= 0.3 is 0 Å². The number of hydrogen-bond donors (Lipinski definition) is 0. The van der Waals surface area contributed by atoms with Gasteiger partial charge in [-0.2, -0.15) is 10.2 Å². The maximum Gasteiger partial charge on any atom is 0.253 e. The third-order valence-electron chi connectivity index (χ3n) is 4.14. The normalized spacial score (nSPS) is 14.0. The number of nitrogens with zero attached hydrogens (tertiary/aromatic N) is 5. The molecule has 0 saturated carbocycles. The number of nitriles is 1. The molecule has 0 spiro atoms. The number of benzene rings is 1. The summed E-state index contributed by atoms with van der Waals surface area (Å²) in [6.07, 6.45) is 3.36. The van der Waals surface area contributed by atoms with Gasteiger partial charge in [-0.15, -0.1) is 0 Å². The molecule has 25 heavy (non-hydrogen) atoms. The summed E-state index contributed by atoms with van der Waals surface area (Å²) in [5.41, 5.74) is 1.90. The summed E-state index contributed by atoms with van der Waals surface area (Å²) in [7, 11) is 0. The molecular weight excluding hydrogens is 318 g/mol. The van der Waals surface area contributed by atoms with Crippen molar-refractivity contribution in [2.24, 2.45) is 0 Å². The van der Waals surface area contributed by atoms with E-state index in [2.05, 4.69) is 15.1 Å². The Labute approximate surface area is 143 Å². The van der Waals surface area contributed by atoms with Crippen LogP contribution in [-0.2, 0) is 0 Å². The van der Waals surface area contributed by atoms with Crippen LogP contribution >= 0.6 is 0 Å². The van der Waals surface area contributed by atoms with Crippen molar-refractivity contribution < 1.29 is 9.32 Å². The van der Waals surface area contributed by atoms with E-state index in [0.717, 1.165) is 5.56 Å². The summed E-state index contributed by atoms with van der Waals surface area (Å²) in [4.78, 5) is 22.6. The molecule has 0 radical (unpaired) electrons. The van der Waals surface area contributed by atoms with Crippen molar-refractivity contribution in [1.82, 2.24) is 20.0 Å². The minimum atomic E-state index is -0.0623. The van der Waals surface area contributed by atoms with Gasteiger partial charge in [-0.3, -0.25) is 9.78 Å². The van der Waals surface area contributed by atoms with Crippen molar-refractivity contribution in [3.8, 4) is 17.5 Å². The van der Waals surface area contributed by atoms with Gasteiger partial charge in [0, 0.05) is 36.6 Å². The second-order valence-electron chi connectivity index (χ2n) is 5.79. The van der Waals surface area contributed by atoms with Gasteiger partial charge in [-0.1, -0.05) is 5.16 Å². The number of carbonyl (C=O) groups is 1. The lowest BCUT2D eigenvalue weighted by Gasteiger charge is -2.37. The van der Waals surface area contributed by atoms with Gasteiger partial charge in [-0.25, -0.2) is 0 Å². The van der Waals surface area contributed by atoms with Crippen molar-refractivity contribution in [3.63, 3.8) is 0 Å². The van der Waals surface area contributed by atoms with E-state index >= 15 is 0 Å². The molecule has 0 atom stereocenters. The summed E-state index contributed by atoms with van der Waals surface area (Å²) in [6, 6.07) is 12.3. The minimum absolute atomic E-state index is 0.0419. The second kappa shape index (κ2) is 6.17. The van der Waals surface area contributed by atoms with E-state index in [4.69, 9.17) is 9.78 Å². The van der Waals surface area contributed by atoms with Gasteiger partial charge in [0.05, 0.1) is 17.6 Å². The zero-order valence-corrected chi connectivity index (χ0v) is 13.2. The predicted octanol–water partition coefficient (Wildman–Crippen LogP) is 2.24. The molecule has 0 unspecified atom stereocenters. The Bertz CT molecular complexity index is 938. The zero-order valence-electron chi connectivity index (χ0n) is 13.2. The third kappa shape index (κ3) is 2.85. The molecule has 0 bridgehead atoms. The Morgan fingerprint density at radius 2 is 2.04 bits per heavy atom. The first-order valence-electron chi connectivity index (χ1n) is 7.78. The Morgan fingerprint density at radius 3 is 2.72 bits per heavy atom. The molecule has 122 valence electrons. The fraction of sp³-hybridized carbons (Fsp3) is 0.167. The summed E-state index contributed by atoms with van der Waals surface area (Å²) in [5, 5.41) is 12.8. The molecule has 0 aliphatic carbocycles. The molecule has 2 aromatic heterocycles. The number of hydrogen-bond acceptors (Lipinski definition) is 6. The fourth-order valence-electron chi connectivity index (χ4n) is 2.68. The first-order chi connectivity index (χ1) is 12.2. The van der Waals surface area contributed by atoms with Gasteiger partial charge in [0.15, 0.2) is 0 Å². The predicted molar refractivity (Wildman–Crippen MR) is 87.3 cm³/mol. The average Bonchev–Trinajstić information content (AvgIpc) is 3.11. The van der Waals surface area contributed by atoms with Crippen LogP contribution in [0.25, 0.3) is 11.4 Å². The highest BCUT2D eigenvalue weighted by molar-refractivity contribution is 5.95. The van der Waals surface area contributed by atoms with Crippen LogP contribution in [0.5, 0.6) is 0 Å². The van der Waals surface area contributed by atoms with Crippen LogP contribution in [-0.4, -0.2) is 39.0 Å². The van der Waals surface area contributed by atoms with E-state index in [1.165, 1.54) is 0 Å². The molecule has 1 fully saturated rings. The highest BCUT2D eigenvalue weighted by Gasteiger charge is 2.36. The van der Waals surface area contributed by atoms with E-state index in [1.54, 1.807) is 41.6 Å². The van der Waals surface area contributed by atoms with Crippen LogP contribution in [0.3, 0.4) is 0 Å². The summed E-state index contributed by atoms with van der Waals surface area (Å²) >= 11 is 0. The first kappa shape index (κ1) is 15.0. The SMILES string of the molecule is N#Cc1ccc(C(=O)N2CC(c3nc(-c4cccnc4)no3)C2)cc1. The highest BCUT2D eigenvalue weighted by Crippen LogP contribution is 2.28. The first-order valence-corrected chi connectivity index (χ1v) is 7.78. The summed E-state index contributed by atoms with van der Waals surface area (Å²) < 4.78 is 5.32. The summed E-state index contributed by atoms with van der Waals surface area (Å²) in [6.45, 7) is 1.07. The van der Waals surface area contributed by atoms with E-state index in [9.17, 15) is 4.79 Å². The number of rotatable bonds is 3. The molecule has 0 N–H and O–H groups in total. The molecule has 1 aliphatic rings. The van der Waals surface area contributed by atoms with E-state index < -0.39 is 0 Å². The fourth-order valence-corrected chi connectivity index (χ4v) is 2.68. The average molecular weight is 331 g/mol. The number of carbonyl (C=O) groups excluding carboxylic acids is 1. The van der Waals surface area contributed by atoms with Gasteiger partial charge in [-0.05, 0) is 36.4 Å². The van der Waals surface area contributed by atoms with E-state index in [-0.39, 0.29) is 11.8 Å². The number of likely N-dealkylation sites (tertiary alicyclic amines) is 1. The molecule has 1 aromatic carbocycles. The summed E-state index contributed by atoms with van der Waals surface area (Å²) in [5.74, 6) is 1.01. The van der Waals surface area contributed by atoms with Crippen LogP contribution in [0, 0.1) is 11.3 Å². The van der Waals surface area contributed by atoms with Crippen LogP contribution in [0.15, 0.2) is 53.3 Å². The van der Waals surface area contributed by atoms with Gasteiger partial charge < -0.3 is 9.42 Å². The van der Waals surface area contributed by atoms with Gasteiger partial charge in [0.1, 0.15) is 0 Å². The number of aromatic nitrogens is 3. The largest absolute Gasteiger partial charge is 0.339 e. The third-order valence-corrected chi connectivity index (χ3v) is 4.14. The lowest BCUT2D eigenvalue weighted by molar-refractivity contribution is 0.0569. The molecule has 1 saturated heterocycles.